The Labute approximate surface area is 261 Å². The van der Waals surface area contributed by atoms with Gasteiger partial charge in [-0.05, 0) is 59.7 Å². The van der Waals surface area contributed by atoms with Crippen LogP contribution in [0.15, 0.2) is 107 Å². The van der Waals surface area contributed by atoms with Gasteiger partial charge in [-0.1, -0.05) is 60.3 Å². The molecule has 0 aromatic heterocycles. The average Bonchev–Trinajstić information content (AvgIpc) is 3.38. The van der Waals surface area contributed by atoms with Gasteiger partial charge in [0.2, 0.25) is 0 Å². The number of carbonyl (C=O) groups is 5. The summed E-state index contributed by atoms with van der Waals surface area (Å²) in [5, 5.41) is 0.0214. The van der Waals surface area contributed by atoms with Gasteiger partial charge in [0.25, 0.3) is 32.7 Å². The van der Waals surface area contributed by atoms with Crippen LogP contribution in [0.4, 0.5) is 0 Å². The summed E-state index contributed by atoms with van der Waals surface area (Å²) in [5.41, 5.74) is 3.16. The van der Waals surface area contributed by atoms with Crippen molar-refractivity contribution in [2.24, 2.45) is 0 Å². The molecule has 0 radical (unpaired) electrons. The number of rotatable bonds is 6. The van der Waals surface area contributed by atoms with Crippen LogP contribution in [0.25, 0.3) is 0 Å². The van der Waals surface area contributed by atoms with Crippen molar-refractivity contribution in [3.05, 3.63) is 130 Å². The minimum atomic E-state index is -3.79. The summed E-state index contributed by atoms with van der Waals surface area (Å²) in [5.74, 6) is -1.23. The number of hydrogen-bond acceptors (Lipinski definition) is 8. The highest BCUT2D eigenvalue weighted by Crippen LogP contribution is 2.26. The molecule has 6 rings (SSSR count). The maximum absolute atomic E-state index is 12.3. The SMILES string of the molecule is CC(=O)Sc1ccc(CN2C(=O)c3ccccc3C2=O)cc1.O=C1c2ccccc2C(=O)N1Cc1ccc(S(=O)(=O)Cl)cc1. The number of benzene rings is 4. The summed E-state index contributed by atoms with van der Waals surface area (Å²) < 4.78 is 22.4. The number of imide groups is 2. The van der Waals surface area contributed by atoms with E-state index in [4.69, 9.17) is 10.7 Å². The number of amides is 4. The fourth-order valence-corrected chi connectivity index (χ4v) is 6.09. The van der Waals surface area contributed by atoms with Gasteiger partial charge in [-0.2, -0.15) is 0 Å². The zero-order chi connectivity index (χ0) is 31.6. The minimum Gasteiger partial charge on any atom is -0.287 e. The van der Waals surface area contributed by atoms with Crippen molar-refractivity contribution in [2.45, 2.75) is 29.8 Å². The quantitative estimate of drug-likeness (QED) is 0.152. The Hall–Kier alpha value is -4.58. The lowest BCUT2D eigenvalue weighted by atomic mass is 10.1. The molecule has 0 bridgehead atoms. The Morgan fingerprint density at radius 1 is 0.614 bits per heavy atom. The molecule has 2 aliphatic rings. The molecule has 0 saturated heterocycles. The first-order chi connectivity index (χ1) is 20.9. The molecule has 9 nitrogen and oxygen atoms in total. The number of carbonyl (C=O) groups excluding carboxylic acids is 5. The lowest BCUT2D eigenvalue weighted by molar-refractivity contribution is -0.109. The zero-order valence-corrected chi connectivity index (χ0v) is 25.5. The van der Waals surface area contributed by atoms with Gasteiger partial charge >= 0.3 is 0 Å². The van der Waals surface area contributed by atoms with Crippen LogP contribution in [0.3, 0.4) is 0 Å². The summed E-state index contributed by atoms with van der Waals surface area (Å²) in [6.07, 6.45) is 0. The lowest BCUT2D eigenvalue weighted by Crippen LogP contribution is -2.29. The molecule has 0 aliphatic carbocycles. The van der Waals surface area contributed by atoms with Gasteiger partial charge in [0.1, 0.15) is 0 Å². The summed E-state index contributed by atoms with van der Waals surface area (Å²) in [6, 6.07) is 26.5. The van der Waals surface area contributed by atoms with Crippen LogP contribution in [0.2, 0.25) is 0 Å². The first-order valence-electron chi connectivity index (χ1n) is 13.2. The van der Waals surface area contributed by atoms with Gasteiger partial charge < -0.3 is 0 Å². The Kier molecular flexibility index (Phi) is 8.82. The zero-order valence-electron chi connectivity index (χ0n) is 23.1. The molecule has 4 aromatic carbocycles. The highest BCUT2D eigenvalue weighted by Gasteiger charge is 2.36. The van der Waals surface area contributed by atoms with Crippen LogP contribution in [-0.4, -0.2) is 47.0 Å². The van der Waals surface area contributed by atoms with E-state index in [9.17, 15) is 32.4 Å². The van der Waals surface area contributed by atoms with Gasteiger partial charge in [0.05, 0.1) is 40.2 Å². The predicted molar refractivity (Wildman–Crippen MR) is 164 cm³/mol. The number of fused-ring (bicyclic) bond motifs is 2. The molecule has 4 aromatic rings. The van der Waals surface area contributed by atoms with E-state index in [-0.39, 0.29) is 46.7 Å². The third-order valence-electron chi connectivity index (χ3n) is 6.83. The fraction of sp³-hybridized carbons (Fsp3) is 0.0938. The molecule has 0 fully saturated rings. The fourth-order valence-electron chi connectivity index (χ4n) is 4.72. The van der Waals surface area contributed by atoms with E-state index < -0.39 is 9.05 Å². The molecule has 0 saturated carbocycles. The second-order valence-corrected chi connectivity index (χ2v) is 13.6. The van der Waals surface area contributed by atoms with Crippen molar-refractivity contribution >= 4 is 60.2 Å². The van der Waals surface area contributed by atoms with Crippen molar-refractivity contribution in [2.75, 3.05) is 0 Å². The van der Waals surface area contributed by atoms with Gasteiger partial charge in [-0.15, -0.1) is 0 Å². The third-order valence-corrected chi connectivity index (χ3v) is 8.99. The number of hydrogen-bond donors (Lipinski definition) is 0. The van der Waals surface area contributed by atoms with Gasteiger partial charge in [0.15, 0.2) is 5.12 Å². The van der Waals surface area contributed by atoms with E-state index in [0.29, 0.717) is 27.8 Å². The molecule has 2 heterocycles. The predicted octanol–water partition coefficient (Wildman–Crippen LogP) is 5.53. The van der Waals surface area contributed by atoms with Crippen molar-refractivity contribution in [3.8, 4) is 0 Å². The summed E-state index contributed by atoms with van der Waals surface area (Å²) >= 11 is 1.15. The number of halogens is 1. The molecule has 4 amide bonds. The van der Waals surface area contributed by atoms with Crippen LogP contribution in [0.1, 0.15) is 59.5 Å². The van der Waals surface area contributed by atoms with E-state index in [0.717, 1.165) is 27.1 Å². The maximum Gasteiger partial charge on any atom is 0.261 e. The molecule has 0 atom stereocenters. The Balaban J connectivity index is 0.000000175. The van der Waals surface area contributed by atoms with E-state index in [1.54, 1.807) is 48.5 Å². The summed E-state index contributed by atoms with van der Waals surface area (Å²) in [6.45, 7) is 1.82. The van der Waals surface area contributed by atoms with Crippen LogP contribution in [0, 0.1) is 0 Å². The smallest absolute Gasteiger partial charge is 0.261 e. The normalized spacial score (nSPS) is 13.9. The van der Waals surface area contributed by atoms with E-state index in [2.05, 4.69) is 0 Å². The molecule has 2 aliphatic heterocycles. The van der Waals surface area contributed by atoms with Crippen LogP contribution >= 0.6 is 22.4 Å². The molecule has 12 heteroatoms. The van der Waals surface area contributed by atoms with E-state index in [1.165, 1.54) is 36.1 Å². The van der Waals surface area contributed by atoms with Crippen LogP contribution in [-0.2, 0) is 26.9 Å². The summed E-state index contributed by atoms with van der Waals surface area (Å²) in [7, 11) is 1.45. The first kappa shape index (κ1) is 30.9. The molecule has 0 unspecified atom stereocenters. The maximum atomic E-state index is 12.3. The molecule has 0 N–H and O–H groups in total. The molecular weight excluding hydrogens is 624 g/mol. The highest BCUT2D eigenvalue weighted by atomic mass is 35.7. The Morgan fingerprint density at radius 3 is 1.27 bits per heavy atom. The molecular formula is C32H23ClN2O7S2. The standard InChI is InChI=1S/C17H13NO3S.C15H10ClNO4S/c1-11(19)22-13-8-6-12(7-9-13)10-18-16(20)14-4-2-3-5-15(14)17(18)21;16-22(20,21)11-7-5-10(6-8-11)9-17-14(18)12-3-1-2-4-13(12)15(17)19/h2-9H,10H2,1H3;1-8H,9H2. The van der Waals surface area contributed by atoms with Crippen molar-refractivity contribution in [3.63, 3.8) is 0 Å². The monoisotopic (exact) mass is 646 g/mol. The molecule has 0 spiro atoms. The van der Waals surface area contributed by atoms with Crippen molar-refractivity contribution < 1.29 is 32.4 Å². The molecule has 44 heavy (non-hydrogen) atoms. The minimum absolute atomic E-state index is 0.0214. The molecule has 222 valence electrons. The highest BCUT2D eigenvalue weighted by molar-refractivity contribution is 8.14. The van der Waals surface area contributed by atoms with E-state index in [1.807, 2.05) is 24.3 Å². The van der Waals surface area contributed by atoms with Crippen LogP contribution in [0.5, 0.6) is 0 Å². The number of nitrogens with zero attached hydrogens (tertiary/aromatic N) is 2. The van der Waals surface area contributed by atoms with Crippen molar-refractivity contribution in [1.29, 1.82) is 0 Å². The van der Waals surface area contributed by atoms with E-state index >= 15 is 0 Å². The lowest BCUT2D eigenvalue weighted by Gasteiger charge is -2.14. The van der Waals surface area contributed by atoms with Gasteiger partial charge in [0, 0.05) is 22.5 Å². The third kappa shape index (κ3) is 6.49. The Morgan fingerprint density at radius 2 is 0.955 bits per heavy atom. The summed E-state index contributed by atoms with van der Waals surface area (Å²) in [4.78, 5) is 63.3. The topological polar surface area (TPSA) is 126 Å². The van der Waals surface area contributed by atoms with Gasteiger partial charge in [-0.3, -0.25) is 33.8 Å². The first-order valence-corrected chi connectivity index (χ1v) is 16.3. The van der Waals surface area contributed by atoms with Crippen molar-refractivity contribution in [1.82, 2.24) is 9.80 Å². The van der Waals surface area contributed by atoms with Crippen LogP contribution < -0.4 is 0 Å². The number of thioether (sulfide) groups is 1. The largest absolute Gasteiger partial charge is 0.287 e. The Bertz CT molecular complexity index is 1850. The second kappa shape index (κ2) is 12.6. The van der Waals surface area contributed by atoms with Gasteiger partial charge in [-0.25, -0.2) is 8.42 Å². The second-order valence-electron chi connectivity index (χ2n) is 9.80. The average molecular weight is 647 g/mol.